The third kappa shape index (κ3) is 4.28. The molecule has 1 aromatic heterocycles. The van der Waals surface area contributed by atoms with Gasteiger partial charge in [0.2, 0.25) is 11.8 Å². The minimum atomic E-state index is -0.759. The summed E-state index contributed by atoms with van der Waals surface area (Å²) in [5.41, 5.74) is 1.53. The molecular formula is C24H23FN4O3S. The number of amides is 3. The SMILES string of the molecule is CCC1(c2ccc(NC(=O)c3cnc(SC)n3-c3ccc(F)cc3)cc2)CCC(=O)NC1=O. The molecule has 0 bridgehead atoms. The number of imidazole rings is 1. The second-order valence-electron chi connectivity index (χ2n) is 7.79. The fraction of sp³-hybridized carbons (Fsp3) is 0.250. The molecule has 2 heterocycles. The zero-order chi connectivity index (χ0) is 23.6. The van der Waals surface area contributed by atoms with Crippen LogP contribution < -0.4 is 10.6 Å². The van der Waals surface area contributed by atoms with Crippen molar-refractivity contribution in [3.8, 4) is 5.69 Å². The van der Waals surface area contributed by atoms with Crippen LogP contribution in [0.4, 0.5) is 10.1 Å². The number of carbonyl (C=O) groups excluding carboxylic acids is 3. The van der Waals surface area contributed by atoms with Crippen LogP contribution in [0.25, 0.3) is 5.69 Å². The van der Waals surface area contributed by atoms with E-state index in [9.17, 15) is 18.8 Å². The van der Waals surface area contributed by atoms with Crippen molar-refractivity contribution in [2.45, 2.75) is 36.8 Å². The lowest BCUT2D eigenvalue weighted by Crippen LogP contribution is -2.51. The summed E-state index contributed by atoms with van der Waals surface area (Å²) in [5.74, 6) is -1.27. The van der Waals surface area contributed by atoms with Crippen LogP contribution in [-0.2, 0) is 15.0 Å². The lowest BCUT2D eigenvalue weighted by molar-refractivity contribution is -0.138. The molecule has 1 unspecified atom stereocenters. The lowest BCUT2D eigenvalue weighted by Gasteiger charge is -2.35. The van der Waals surface area contributed by atoms with Crippen molar-refractivity contribution in [3.05, 3.63) is 71.8 Å². The molecule has 1 aliphatic rings. The number of thioether (sulfide) groups is 1. The average molecular weight is 467 g/mol. The molecule has 1 atom stereocenters. The summed E-state index contributed by atoms with van der Waals surface area (Å²) in [4.78, 5) is 41.5. The van der Waals surface area contributed by atoms with Crippen molar-refractivity contribution in [1.82, 2.24) is 14.9 Å². The largest absolute Gasteiger partial charge is 0.321 e. The molecule has 9 heteroatoms. The van der Waals surface area contributed by atoms with Crippen LogP contribution in [-0.4, -0.2) is 33.5 Å². The van der Waals surface area contributed by atoms with E-state index >= 15 is 0 Å². The summed E-state index contributed by atoms with van der Waals surface area (Å²) >= 11 is 1.38. The van der Waals surface area contributed by atoms with Crippen LogP contribution >= 0.6 is 11.8 Å². The number of imide groups is 1. The first-order chi connectivity index (χ1) is 15.9. The van der Waals surface area contributed by atoms with Gasteiger partial charge in [0.05, 0.1) is 11.6 Å². The van der Waals surface area contributed by atoms with Crippen molar-refractivity contribution >= 4 is 35.2 Å². The van der Waals surface area contributed by atoms with Gasteiger partial charge in [-0.25, -0.2) is 9.37 Å². The molecule has 7 nitrogen and oxygen atoms in total. The van der Waals surface area contributed by atoms with Crippen molar-refractivity contribution in [2.75, 3.05) is 11.6 Å². The minimum Gasteiger partial charge on any atom is -0.321 e. The van der Waals surface area contributed by atoms with Gasteiger partial charge in [0.1, 0.15) is 11.5 Å². The maximum Gasteiger partial charge on any atom is 0.274 e. The van der Waals surface area contributed by atoms with E-state index in [2.05, 4.69) is 15.6 Å². The number of halogens is 1. The third-order valence-electron chi connectivity index (χ3n) is 5.99. The fourth-order valence-electron chi connectivity index (χ4n) is 4.11. The Kier molecular flexibility index (Phi) is 6.33. The molecule has 170 valence electrons. The molecule has 0 radical (unpaired) electrons. The Hall–Kier alpha value is -3.46. The Morgan fingerprint density at radius 1 is 1.18 bits per heavy atom. The normalized spacial score (nSPS) is 18.2. The van der Waals surface area contributed by atoms with Crippen LogP contribution in [0.15, 0.2) is 59.9 Å². The van der Waals surface area contributed by atoms with E-state index in [4.69, 9.17) is 0 Å². The summed E-state index contributed by atoms with van der Waals surface area (Å²) in [5, 5.41) is 5.90. The second-order valence-corrected chi connectivity index (χ2v) is 8.56. The van der Waals surface area contributed by atoms with E-state index in [1.807, 2.05) is 13.2 Å². The van der Waals surface area contributed by atoms with Crippen LogP contribution in [0.1, 0.15) is 42.2 Å². The van der Waals surface area contributed by atoms with Crippen molar-refractivity contribution in [2.24, 2.45) is 0 Å². The Labute approximate surface area is 194 Å². The highest BCUT2D eigenvalue weighted by Gasteiger charge is 2.42. The first-order valence-corrected chi connectivity index (χ1v) is 11.7. The van der Waals surface area contributed by atoms with E-state index in [0.29, 0.717) is 41.5 Å². The van der Waals surface area contributed by atoms with Gasteiger partial charge < -0.3 is 5.32 Å². The highest BCUT2D eigenvalue weighted by Crippen LogP contribution is 2.36. The molecule has 2 N–H and O–H groups in total. The van der Waals surface area contributed by atoms with Crippen LogP contribution in [0.5, 0.6) is 0 Å². The first kappa shape index (κ1) is 22.7. The number of nitrogens with zero attached hydrogens (tertiary/aromatic N) is 2. The zero-order valence-electron chi connectivity index (χ0n) is 18.2. The monoisotopic (exact) mass is 466 g/mol. The third-order valence-corrected chi connectivity index (χ3v) is 6.65. The molecule has 3 amide bonds. The van der Waals surface area contributed by atoms with E-state index < -0.39 is 5.41 Å². The van der Waals surface area contributed by atoms with E-state index in [1.54, 1.807) is 41.0 Å². The minimum absolute atomic E-state index is 0.254. The molecule has 4 rings (SSSR count). The van der Waals surface area contributed by atoms with Gasteiger partial charge >= 0.3 is 0 Å². The molecule has 2 aromatic carbocycles. The van der Waals surface area contributed by atoms with E-state index in [-0.39, 0.29) is 23.5 Å². The molecular weight excluding hydrogens is 443 g/mol. The molecule has 0 saturated carbocycles. The smallest absolute Gasteiger partial charge is 0.274 e. The number of aromatic nitrogens is 2. The molecule has 0 aliphatic carbocycles. The molecule has 0 spiro atoms. The van der Waals surface area contributed by atoms with Crippen molar-refractivity contribution < 1.29 is 18.8 Å². The summed E-state index contributed by atoms with van der Waals surface area (Å²) in [6.45, 7) is 1.92. The number of carbonyl (C=O) groups is 3. The molecule has 1 saturated heterocycles. The van der Waals surface area contributed by atoms with Crippen LogP contribution in [0.3, 0.4) is 0 Å². The fourth-order valence-corrected chi connectivity index (χ4v) is 4.66. The highest BCUT2D eigenvalue weighted by atomic mass is 32.2. The molecule has 33 heavy (non-hydrogen) atoms. The van der Waals surface area contributed by atoms with Gasteiger partial charge in [0.25, 0.3) is 5.91 Å². The van der Waals surface area contributed by atoms with Gasteiger partial charge in [-0.15, -0.1) is 0 Å². The van der Waals surface area contributed by atoms with Gasteiger partial charge in [-0.1, -0.05) is 30.8 Å². The highest BCUT2D eigenvalue weighted by molar-refractivity contribution is 7.98. The number of hydrogen-bond donors (Lipinski definition) is 2. The summed E-state index contributed by atoms with van der Waals surface area (Å²) in [6.07, 6.45) is 4.64. The van der Waals surface area contributed by atoms with E-state index in [1.165, 1.54) is 30.1 Å². The Balaban J connectivity index is 1.58. The number of anilines is 1. The summed E-state index contributed by atoms with van der Waals surface area (Å²) in [6, 6.07) is 12.9. The van der Waals surface area contributed by atoms with Gasteiger partial charge in [-0.3, -0.25) is 24.3 Å². The summed E-state index contributed by atoms with van der Waals surface area (Å²) in [7, 11) is 0. The van der Waals surface area contributed by atoms with E-state index in [0.717, 1.165) is 5.56 Å². The van der Waals surface area contributed by atoms with Gasteiger partial charge in [0.15, 0.2) is 5.16 Å². The predicted octanol–water partition coefficient (Wildman–Crippen LogP) is 4.07. The number of piperidine rings is 1. The van der Waals surface area contributed by atoms with Crippen molar-refractivity contribution in [1.29, 1.82) is 0 Å². The quantitative estimate of drug-likeness (QED) is 0.422. The second kappa shape index (κ2) is 9.19. The topological polar surface area (TPSA) is 93.1 Å². The Morgan fingerprint density at radius 2 is 1.88 bits per heavy atom. The number of benzene rings is 2. The van der Waals surface area contributed by atoms with Gasteiger partial charge in [0, 0.05) is 17.8 Å². The zero-order valence-corrected chi connectivity index (χ0v) is 19.0. The van der Waals surface area contributed by atoms with Crippen molar-refractivity contribution in [3.63, 3.8) is 0 Å². The average Bonchev–Trinajstić information content (AvgIpc) is 3.25. The lowest BCUT2D eigenvalue weighted by atomic mass is 9.72. The molecule has 3 aromatic rings. The van der Waals surface area contributed by atoms with Crippen LogP contribution in [0.2, 0.25) is 0 Å². The molecule has 1 aliphatic heterocycles. The van der Waals surface area contributed by atoms with Gasteiger partial charge in [-0.05, 0) is 61.1 Å². The van der Waals surface area contributed by atoms with Crippen LogP contribution in [0, 0.1) is 5.82 Å². The number of hydrogen-bond acceptors (Lipinski definition) is 5. The number of rotatable bonds is 6. The molecule has 1 fully saturated rings. The number of nitrogens with one attached hydrogen (secondary N) is 2. The first-order valence-electron chi connectivity index (χ1n) is 10.5. The standard InChI is InChI=1S/C24H23FN4O3S/c1-3-24(13-12-20(30)28-22(24)32)15-4-8-17(9-5-15)27-21(31)19-14-26-23(33-2)29(19)18-10-6-16(25)7-11-18/h4-11,14H,3,12-13H2,1-2H3,(H,27,31)(H,28,30,32). The maximum absolute atomic E-state index is 13.4. The Bertz CT molecular complexity index is 1210. The predicted molar refractivity (Wildman–Crippen MR) is 124 cm³/mol. The Morgan fingerprint density at radius 3 is 2.48 bits per heavy atom. The maximum atomic E-state index is 13.4. The van der Waals surface area contributed by atoms with Gasteiger partial charge in [-0.2, -0.15) is 0 Å². The summed E-state index contributed by atoms with van der Waals surface area (Å²) < 4.78 is 15.0.